The van der Waals surface area contributed by atoms with E-state index in [0.717, 1.165) is 12.7 Å². The number of carbonyl (C=O) groups is 1. The van der Waals surface area contributed by atoms with E-state index in [-0.39, 0.29) is 5.82 Å². The average Bonchev–Trinajstić information content (AvgIpc) is 2.19. The number of carbonyl (C=O) groups excluding carboxylic acids is 1. The number of aldehydes is 1. The van der Waals surface area contributed by atoms with Gasteiger partial charge in [-0.15, -0.1) is 0 Å². The first kappa shape index (κ1) is 10.3. The minimum atomic E-state index is -0.903. The second kappa shape index (κ2) is 3.74. The second-order valence-electron chi connectivity index (χ2n) is 4.12. The van der Waals surface area contributed by atoms with Crippen LogP contribution in [0, 0.1) is 5.82 Å². The number of halogens is 1. The lowest BCUT2D eigenvalue weighted by atomic mass is 9.69. The summed E-state index contributed by atoms with van der Waals surface area (Å²) in [5, 5.41) is 10.1. The van der Waals surface area contributed by atoms with Crippen molar-refractivity contribution in [1.29, 1.82) is 0 Å². The number of hydrogen-bond donors (Lipinski definition) is 1. The SMILES string of the molecule is O=CC(c1ccc(F)cc1)C1(O)CCC1. The van der Waals surface area contributed by atoms with Crippen LogP contribution >= 0.6 is 0 Å². The maximum atomic E-state index is 12.7. The van der Waals surface area contributed by atoms with Gasteiger partial charge in [0.05, 0.1) is 11.5 Å². The molecule has 80 valence electrons. The van der Waals surface area contributed by atoms with E-state index in [4.69, 9.17) is 0 Å². The Kier molecular flexibility index (Phi) is 2.57. The third-order valence-corrected chi connectivity index (χ3v) is 3.16. The van der Waals surface area contributed by atoms with Crippen molar-refractivity contribution in [2.45, 2.75) is 30.8 Å². The molecule has 0 amide bonds. The standard InChI is InChI=1S/C12H13FO2/c13-10-4-2-9(3-5-10)11(8-14)12(15)6-1-7-12/h2-5,8,11,15H,1,6-7H2. The van der Waals surface area contributed by atoms with Crippen LogP contribution in [-0.2, 0) is 4.79 Å². The van der Waals surface area contributed by atoms with E-state index in [2.05, 4.69) is 0 Å². The summed E-state index contributed by atoms with van der Waals surface area (Å²) < 4.78 is 12.7. The van der Waals surface area contributed by atoms with Gasteiger partial charge in [-0.1, -0.05) is 12.1 Å². The van der Waals surface area contributed by atoms with E-state index in [0.29, 0.717) is 18.4 Å². The second-order valence-corrected chi connectivity index (χ2v) is 4.12. The van der Waals surface area contributed by atoms with E-state index in [1.807, 2.05) is 0 Å². The largest absolute Gasteiger partial charge is 0.389 e. The molecule has 1 unspecified atom stereocenters. The van der Waals surface area contributed by atoms with E-state index in [1.54, 1.807) is 12.1 Å². The monoisotopic (exact) mass is 208 g/mol. The highest BCUT2D eigenvalue weighted by atomic mass is 19.1. The molecule has 2 nitrogen and oxygen atoms in total. The summed E-state index contributed by atoms with van der Waals surface area (Å²) >= 11 is 0. The topological polar surface area (TPSA) is 37.3 Å². The average molecular weight is 208 g/mol. The van der Waals surface area contributed by atoms with Gasteiger partial charge < -0.3 is 9.90 Å². The van der Waals surface area contributed by atoms with Crippen molar-refractivity contribution in [3.05, 3.63) is 35.6 Å². The van der Waals surface area contributed by atoms with Gasteiger partial charge in [-0.3, -0.25) is 0 Å². The number of hydrogen-bond acceptors (Lipinski definition) is 2. The maximum Gasteiger partial charge on any atom is 0.130 e. The van der Waals surface area contributed by atoms with E-state index >= 15 is 0 Å². The van der Waals surface area contributed by atoms with Gasteiger partial charge in [-0.25, -0.2) is 4.39 Å². The highest BCUT2D eigenvalue weighted by molar-refractivity contribution is 5.65. The lowest BCUT2D eigenvalue weighted by molar-refractivity contribution is -0.120. The molecule has 0 saturated heterocycles. The van der Waals surface area contributed by atoms with Crippen LogP contribution in [0.4, 0.5) is 4.39 Å². The summed E-state index contributed by atoms with van der Waals surface area (Å²) in [7, 11) is 0. The normalized spacial score (nSPS) is 20.4. The molecule has 15 heavy (non-hydrogen) atoms. The molecule has 1 atom stereocenters. The lowest BCUT2D eigenvalue weighted by Gasteiger charge is -2.41. The first-order chi connectivity index (χ1) is 7.15. The smallest absolute Gasteiger partial charge is 0.130 e. The number of aliphatic hydroxyl groups is 1. The van der Waals surface area contributed by atoms with Crippen LogP contribution in [0.25, 0.3) is 0 Å². The summed E-state index contributed by atoms with van der Waals surface area (Å²) in [5.74, 6) is -0.851. The van der Waals surface area contributed by atoms with Crippen molar-refractivity contribution in [2.24, 2.45) is 0 Å². The fourth-order valence-corrected chi connectivity index (χ4v) is 2.04. The van der Waals surface area contributed by atoms with Gasteiger partial charge >= 0.3 is 0 Å². The van der Waals surface area contributed by atoms with E-state index < -0.39 is 11.5 Å². The minimum absolute atomic E-state index is 0.330. The summed E-state index contributed by atoms with van der Waals surface area (Å²) in [6.45, 7) is 0. The molecule has 1 aromatic rings. The van der Waals surface area contributed by atoms with Crippen molar-refractivity contribution in [1.82, 2.24) is 0 Å². The molecular weight excluding hydrogens is 195 g/mol. The minimum Gasteiger partial charge on any atom is -0.389 e. The lowest BCUT2D eigenvalue weighted by Crippen LogP contribution is -2.43. The molecule has 1 fully saturated rings. The van der Waals surface area contributed by atoms with Crippen LogP contribution < -0.4 is 0 Å². The fraction of sp³-hybridized carbons (Fsp3) is 0.417. The molecule has 0 spiro atoms. The van der Waals surface area contributed by atoms with Crippen LogP contribution in [0.2, 0.25) is 0 Å². The van der Waals surface area contributed by atoms with Crippen molar-refractivity contribution in [3.8, 4) is 0 Å². The molecule has 1 aromatic carbocycles. The van der Waals surface area contributed by atoms with E-state index in [9.17, 15) is 14.3 Å². The number of benzene rings is 1. The molecule has 1 saturated carbocycles. The molecule has 0 aromatic heterocycles. The van der Waals surface area contributed by atoms with Gasteiger partial charge in [0.2, 0.25) is 0 Å². The predicted molar refractivity (Wildman–Crippen MR) is 54.0 cm³/mol. The van der Waals surface area contributed by atoms with Gasteiger partial charge in [0, 0.05) is 0 Å². The molecule has 0 bridgehead atoms. The summed E-state index contributed by atoms with van der Waals surface area (Å²) in [5.41, 5.74) is -0.215. The molecule has 1 aliphatic rings. The summed E-state index contributed by atoms with van der Waals surface area (Å²) in [4.78, 5) is 11.0. The molecule has 2 rings (SSSR count). The highest BCUT2D eigenvalue weighted by Crippen LogP contribution is 2.42. The van der Waals surface area contributed by atoms with Gasteiger partial charge in [0.15, 0.2) is 0 Å². The molecule has 1 N–H and O–H groups in total. The third-order valence-electron chi connectivity index (χ3n) is 3.16. The Morgan fingerprint density at radius 2 is 1.93 bits per heavy atom. The van der Waals surface area contributed by atoms with Crippen LogP contribution in [-0.4, -0.2) is 17.0 Å². The summed E-state index contributed by atoms with van der Waals surface area (Å²) in [6, 6.07) is 5.75. The predicted octanol–water partition coefficient (Wildman–Crippen LogP) is 2.02. The van der Waals surface area contributed by atoms with Crippen molar-refractivity contribution in [3.63, 3.8) is 0 Å². The Hall–Kier alpha value is -1.22. The molecular formula is C12H13FO2. The molecule has 0 aliphatic heterocycles. The Morgan fingerprint density at radius 3 is 2.33 bits per heavy atom. The molecule has 0 radical (unpaired) electrons. The van der Waals surface area contributed by atoms with Crippen molar-refractivity contribution in [2.75, 3.05) is 0 Å². The van der Waals surface area contributed by atoms with Crippen LogP contribution in [0.3, 0.4) is 0 Å². The van der Waals surface area contributed by atoms with Gasteiger partial charge in [0.25, 0.3) is 0 Å². The Balaban J connectivity index is 2.26. The highest BCUT2D eigenvalue weighted by Gasteiger charge is 2.42. The van der Waals surface area contributed by atoms with Crippen molar-refractivity contribution < 1.29 is 14.3 Å². The first-order valence-electron chi connectivity index (χ1n) is 5.09. The van der Waals surface area contributed by atoms with Crippen molar-refractivity contribution >= 4 is 6.29 Å². The Labute approximate surface area is 87.7 Å². The van der Waals surface area contributed by atoms with Crippen LogP contribution in [0.1, 0.15) is 30.7 Å². The van der Waals surface area contributed by atoms with Gasteiger partial charge in [0.1, 0.15) is 12.1 Å². The first-order valence-corrected chi connectivity index (χ1v) is 5.09. The zero-order valence-electron chi connectivity index (χ0n) is 8.32. The molecule has 3 heteroatoms. The zero-order chi connectivity index (χ0) is 10.9. The Bertz CT molecular complexity index is 354. The Morgan fingerprint density at radius 1 is 1.33 bits per heavy atom. The third kappa shape index (κ3) is 1.79. The maximum absolute atomic E-state index is 12.7. The number of rotatable bonds is 3. The zero-order valence-corrected chi connectivity index (χ0v) is 8.32. The van der Waals surface area contributed by atoms with Crippen LogP contribution in [0.5, 0.6) is 0 Å². The van der Waals surface area contributed by atoms with Gasteiger partial charge in [-0.2, -0.15) is 0 Å². The van der Waals surface area contributed by atoms with Gasteiger partial charge in [-0.05, 0) is 37.0 Å². The van der Waals surface area contributed by atoms with E-state index in [1.165, 1.54) is 12.1 Å². The summed E-state index contributed by atoms with van der Waals surface area (Å²) in [6.07, 6.45) is 3.00. The quantitative estimate of drug-likeness (QED) is 0.771. The van der Waals surface area contributed by atoms with Crippen LogP contribution in [0.15, 0.2) is 24.3 Å². The molecule has 1 aliphatic carbocycles. The molecule has 0 heterocycles. The fourth-order valence-electron chi connectivity index (χ4n) is 2.04.